The van der Waals surface area contributed by atoms with Crippen LogP contribution in [0, 0.1) is 5.82 Å². The van der Waals surface area contributed by atoms with Gasteiger partial charge in [0.1, 0.15) is 17.2 Å². The van der Waals surface area contributed by atoms with Crippen LogP contribution in [-0.2, 0) is 6.54 Å². The van der Waals surface area contributed by atoms with Crippen LogP contribution in [0.3, 0.4) is 0 Å². The molecular weight excluding hydrogens is 261 g/mol. The van der Waals surface area contributed by atoms with Crippen molar-refractivity contribution < 1.29 is 14.3 Å². The van der Waals surface area contributed by atoms with E-state index in [2.05, 4.69) is 9.97 Å². The van der Waals surface area contributed by atoms with Gasteiger partial charge >= 0.3 is 5.97 Å². The number of rotatable bonds is 5. The number of halogens is 1. The first kappa shape index (κ1) is 13.9. The smallest absolute Gasteiger partial charge is 0.339 e. The minimum absolute atomic E-state index is 0.150. The lowest BCUT2D eigenvalue weighted by Crippen LogP contribution is -2.26. The van der Waals surface area contributed by atoms with Gasteiger partial charge in [0.2, 0.25) is 0 Å². The number of hydrogen-bond acceptors (Lipinski definition) is 4. The lowest BCUT2D eigenvalue weighted by Gasteiger charge is -2.22. The van der Waals surface area contributed by atoms with Crippen molar-refractivity contribution in [2.45, 2.75) is 13.5 Å². The van der Waals surface area contributed by atoms with Crippen LogP contribution in [0.25, 0.3) is 0 Å². The number of anilines is 1. The zero-order chi connectivity index (χ0) is 14.5. The molecule has 2 rings (SSSR count). The number of carboxylic acid groups (broad SMARTS) is 1. The second kappa shape index (κ2) is 6.10. The molecule has 104 valence electrons. The molecule has 2 aromatic rings. The summed E-state index contributed by atoms with van der Waals surface area (Å²) >= 11 is 0. The first-order valence-electron chi connectivity index (χ1n) is 6.15. The van der Waals surface area contributed by atoms with Gasteiger partial charge < -0.3 is 10.0 Å². The highest BCUT2D eigenvalue weighted by molar-refractivity contribution is 5.93. The lowest BCUT2D eigenvalue weighted by molar-refractivity contribution is 0.0696. The molecule has 0 unspecified atom stereocenters. The van der Waals surface area contributed by atoms with Crippen molar-refractivity contribution in [3.63, 3.8) is 0 Å². The van der Waals surface area contributed by atoms with E-state index in [-0.39, 0.29) is 11.4 Å². The predicted octanol–water partition coefficient (Wildman–Crippen LogP) is 2.34. The Morgan fingerprint density at radius 2 is 2.20 bits per heavy atom. The largest absolute Gasteiger partial charge is 0.478 e. The van der Waals surface area contributed by atoms with Crippen LogP contribution in [0.2, 0.25) is 0 Å². The summed E-state index contributed by atoms with van der Waals surface area (Å²) in [6.45, 7) is 2.82. The number of carboxylic acids is 1. The van der Waals surface area contributed by atoms with Crippen LogP contribution in [0.4, 0.5) is 10.2 Å². The zero-order valence-electron chi connectivity index (χ0n) is 11.0. The number of nitrogens with zero attached hydrogens (tertiary/aromatic N) is 3. The Labute approximate surface area is 115 Å². The van der Waals surface area contributed by atoms with E-state index in [4.69, 9.17) is 5.11 Å². The van der Waals surface area contributed by atoms with Gasteiger partial charge in [-0.1, -0.05) is 6.07 Å². The van der Waals surface area contributed by atoms with Crippen molar-refractivity contribution in [2.75, 3.05) is 11.4 Å². The fraction of sp³-hybridized carbons (Fsp3) is 0.214. The molecule has 20 heavy (non-hydrogen) atoms. The molecule has 1 N–H and O–H groups in total. The number of carbonyl (C=O) groups is 1. The second-order valence-corrected chi connectivity index (χ2v) is 4.17. The SMILES string of the molecule is CCN(Cc1ccccn1)c1ncc(F)cc1C(=O)O. The number of pyridine rings is 2. The molecule has 0 aromatic carbocycles. The molecule has 0 fully saturated rings. The minimum atomic E-state index is -1.20. The van der Waals surface area contributed by atoms with Crippen LogP contribution in [0.1, 0.15) is 23.0 Å². The van der Waals surface area contributed by atoms with E-state index in [1.807, 2.05) is 19.1 Å². The Morgan fingerprint density at radius 3 is 2.80 bits per heavy atom. The Kier molecular flexibility index (Phi) is 4.24. The van der Waals surface area contributed by atoms with Gasteiger partial charge in [0.05, 0.1) is 18.4 Å². The van der Waals surface area contributed by atoms with E-state index in [0.29, 0.717) is 13.1 Å². The van der Waals surface area contributed by atoms with E-state index in [9.17, 15) is 9.18 Å². The Hall–Kier alpha value is -2.50. The number of aromatic nitrogens is 2. The summed E-state index contributed by atoms with van der Waals surface area (Å²) in [6, 6.07) is 6.48. The van der Waals surface area contributed by atoms with Crippen LogP contribution in [-0.4, -0.2) is 27.6 Å². The summed E-state index contributed by atoms with van der Waals surface area (Å²) in [5.74, 6) is -1.63. The van der Waals surface area contributed by atoms with Gasteiger partial charge in [-0.15, -0.1) is 0 Å². The van der Waals surface area contributed by atoms with Crippen LogP contribution in [0.15, 0.2) is 36.7 Å². The van der Waals surface area contributed by atoms with Crippen molar-refractivity contribution in [1.82, 2.24) is 9.97 Å². The normalized spacial score (nSPS) is 10.3. The molecule has 0 radical (unpaired) electrons. The third-order valence-corrected chi connectivity index (χ3v) is 2.82. The maximum absolute atomic E-state index is 13.1. The molecule has 2 heterocycles. The van der Waals surface area contributed by atoms with Gasteiger partial charge in [0.15, 0.2) is 0 Å². The summed E-state index contributed by atoms with van der Waals surface area (Å²) in [5.41, 5.74) is 0.639. The summed E-state index contributed by atoms with van der Waals surface area (Å²) in [6.07, 6.45) is 2.68. The molecule has 0 aliphatic heterocycles. The van der Waals surface area contributed by atoms with Gasteiger partial charge in [-0.2, -0.15) is 0 Å². The van der Waals surface area contributed by atoms with Crippen molar-refractivity contribution in [2.24, 2.45) is 0 Å². The number of hydrogen-bond donors (Lipinski definition) is 1. The third-order valence-electron chi connectivity index (χ3n) is 2.82. The van der Waals surface area contributed by atoms with Crippen molar-refractivity contribution >= 4 is 11.8 Å². The third kappa shape index (κ3) is 3.09. The van der Waals surface area contributed by atoms with Gasteiger partial charge in [0.25, 0.3) is 0 Å². The highest BCUT2D eigenvalue weighted by Crippen LogP contribution is 2.20. The Balaban J connectivity index is 2.34. The molecule has 0 spiro atoms. The summed E-state index contributed by atoms with van der Waals surface area (Å²) in [4.78, 5) is 21.0. The van der Waals surface area contributed by atoms with Crippen molar-refractivity contribution in [3.05, 3.63) is 53.7 Å². The van der Waals surface area contributed by atoms with Gasteiger partial charge in [0, 0.05) is 12.7 Å². The van der Waals surface area contributed by atoms with Crippen molar-refractivity contribution in [1.29, 1.82) is 0 Å². The first-order chi connectivity index (χ1) is 9.61. The number of aromatic carboxylic acids is 1. The van der Waals surface area contributed by atoms with E-state index in [1.54, 1.807) is 17.2 Å². The molecule has 0 bridgehead atoms. The fourth-order valence-corrected chi connectivity index (χ4v) is 1.87. The topological polar surface area (TPSA) is 66.3 Å². The molecule has 5 nitrogen and oxygen atoms in total. The second-order valence-electron chi connectivity index (χ2n) is 4.17. The molecule has 0 saturated carbocycles. The minimum Gasteiger partial charge on any atom is -0.478 e. The standard InChI is InChI=1S/C14H14FN3O2/c1-2-18(9-11-5-3-4-6-16-11)13-12(14(19)20)7-10(15)8-17-13/h3-8H,2,9H2,1H3,(H,19,20). The van der Waals surface area contributed by atoms with Crippen LogP contribution in [0.5, 0.6) is 0 Å². The quantitative estimate of drug-likeness (QED) is 0.907. The van der Waals surface area contributed by atoms with E-state index >= 15 is 0 Å². The molecule has 0 amide bonds. The highest BCUT2D eigenvalue weighted by atomic mass is 19.1. The lowest BCUT2D eigenvalue weighted by atomic mass is 10.2. The molecule has 0 aliphatic carbocycles. The van der Waals surface area contributed by atoms with Crippen LogP contribution >= 0.6 is 0 Å². The van der Waals surface area contributed by atoms with Crippen LogP contribution < -0.4 is 4.90 Å². The van der Waals surface area contributed by atoms with E-state index in [1.165, 1.54) is 0 Å². The molecular formula is C14H14FN3O2. The average molecular weight is 275 g/mol. The Bertz CT molecular complexity index is 605. The van der Waals surface area contributed by atoms with E-state index in [0.717, 1.165) is 18.0 Å². The first-order valence-corrected chi connectivity index (χ1v) is 6.15. The molecule has 6 heteroatoms. The molecule has 0 saturated heterocycles. The fourth-order valence-electron chi connectivity index (χ4n) is 1.87. The molecule has 0 atom stereocenters. The Morgan fingerprint density at radius 1 is 1.40 bits per heavy atom. The van der Waals surface area contributed by atoms with Crippen molar-refractivity contribution in [3.8, 4) is 0 Å². The summed E-state index contributed by atoms with van der Waals surface area (Å²) < 4.78 is 13.1. The summed E-state index contributed by atoms with van der Waals surface area (Å²) in [5, 5.41) is 9.15. The van der Waals surface area contributed by atoms with E-state index < -0.39 is 11.8 Å². The van der Waals surface area contributed by atoms with Gasteiger partial charge in [-0.25, -0.2) is 14.2 Å². The average Bonchev–Trinajstić information content (AvgIpc) is 2.46. The maximum atomic E-state index is 13.1. The molecule has 0 aliphatic rings. The molecule has 2 aromatic heterocycles. The van der Waals surface area contributed by atoms with Gasteiger partial charge in [-0.05, 0) is 25.1 Å². The van der Waals surface area contributed by atoms with Gasteiger partial charge in [-0.3, -0.25) is 4.98 Å². The highest BCUT2D eigenvalue weighted by Gasteiger charge is 2.18. The predicted molar refractivity (Wildman–Crippen MR) is 72.1 cm³/mol. The monoisotopic (exact) mass is 275 g/mol. The summed E-state index contributed by atoms with van der Waals surface area (Å²) in [7, 11) is 0. The zero-order valence-corrected chi connectivity index (χ0v) is 11.0. The maximum Gasteiger partial charge on any atom is 0.339 e.